The molecule has 1 saturated heterocycles. The van der Waals surface area contributed by atoms with Crippen LogP contribution in [0.15, 0.2) is 57.1 Å². The number of fused-ring (bicyclic) bond motifs is 2. The molecule has 2 N–H and O–H groups in total. The third kappa shape index (κ3) is 3.45. The number of benzene rings is 2. The molecule has 1 fully saturated rings. The van der Waals surface area contributed by atoms with Crippen molar-refractivity contribution in [2.24, 2.45) is 10.1 Å². The lowest BCUT2D eigenvalue weighted by atomic mass is 10.0. The van der Waals surface area contributed by atoms with Gasteiger partial charge in [-0.15, -0.1) is 0 Å². The molecular weight excluding hydrogens is 432 g/mol. The first-order valence-corrected chi connectivity index (χ1v) is 10.6. The van der Waals surface area contributed by atoms with Crippen molar-refractivity contribution in [1.29, 1.82) is 0 Å². The number of para-hydroxylation sites is 1. The zero-order valence-electron chi connectivity index (χ0n) is 15.9. The van der Waals surface area contributed by atoms with E-state index in [1.807, 2.05) is 42.5 Å². The first-order valence-electron chi connectivity index (χ1n) is 9.82. The van der Waals surface area contributed by atoms with Gasteiger partial charge in [0.25, 0.3) is 0 Å². The Kier molecular flexibility index (Phi) is 4.85. The second-order valence-corrected chi connectivity index (χ2v) is 8.25. The Morgan fingerprint density at radius 3 is 2.86 bits per heavy atom. The topological polar surface area (TPSA) is 73.2 Å². The molecule has 2 aliphatic rings. The molecule has 7 heteroatoms. The molecule has 3 aromatic rings. The highest BCUT2D eigenvalue weighted by Crippen LogP contribution is 2.36. The Morgan fingerprint density at radius 2 is 2.00 bits per heavy atom. The van der Waals surface area contributed by atoms with Crippen LogP contribution in [0.4, 0.5) is 5.69 Å². The van der Waals surface area contributed by atoms with Gasteiger partial charge < -0.3 is 14.9 Å². The molecule has 0 saturated carbocycles. The van der Waals surface area contributed by atoms with E-state index in [2.05, 4.69) is 31.0 Å². The summed E-state index contributed by atoms with van der Waals surface area (Å²) in [4.78, 5) is 15.9. The molecule has 0 amide bonds. The van der Waals surface area contributed by atoms with Crippen molar-refractivity contribution in [2.45, 2.75) is 12.8 Å². The van der Waals surface area contributed by atoms with Crippen molar-refractivity contribution in [3.8, 4) is 5.88 Å². The predicted molar refractivity (Wildman–Crippen MR) is 118 cm³/mol. The van der Waals surface area contributed by atoms with Crippen LogP contribution in [0.2, 0.25) is 0 Å². The smallest absolute Gasteiger partial charge is 0.199 e. The standard InChI is InChI=1S/C22H21BrN4O2/c23-14-7-8-18-16(13-14)19(22(28)25-18)21-20(15-5-1-2-6-17(15)24-21)26-29-12-11-27-9-3-4-10-27/h1-2,5-8,13,25,28H,3-4,9-12H2/b26-20+. The van der Waals surface area contributed by atoms with Gasteiger partial charge in [0.1, 0.15) is 18.0 Å². The largest absolute Gasteiger partial charge is 0.494 e. The number of nitrogens with zero attached hydrogens (tertiary/aromatic N) is 3. The predicted octanol–water partition coefficient (Wildman–Crippen LogP) is 4.59. The normalized spacial score (nSPS) is 17.8. The van der Waals surface area contributed by atoms with E-state index in [0.717, 1.165) is 46.3 Å². The number of aromatic hydroxyl groups is 1. The van der Waals surface area contributed by atoms with Crippen LogP contribution in [-0.2, 0) is 4.84 Å². The van der Waals surface area contributed by atoms with E-state index in [9.17, 15) is 5.11 Å². The van der Waals surface area contributed by atoms with Crippen molar-refractivity contribution in [3.63, 3.8) is 0 Å². The van der Waals surface area contributed by atoms with Gasteiger partial charge in [0.15, 0.2) is 5.88 Å². The fraction of sp³-hybridized carbons (Fsp3) is 0.273. The Morgan fingerprint density at radius 1 is 1.17 bits per heavy atom. The van der Waals surface area contributed by atoms with Crippen LogP contribution in [0.1, 0.15) is 24.0 Å². The molecule has 0 spiro atoms. The van der Waals surface area contributed by atoms with Crippen molar-refractivity contribution in [3.05, 3.63) is 58.1 Å². The third-order valence-electron chi connectivity index (χ3n) is 5.45. The fourth-order valence-electron chi connectivity index (χ4n) is 4.02. The zero-order valence-corrected chi connectivity index (χ0v) is 17.4. The summed E-state index contributed by atoms with van der Waals surface area (Å²) in [5, 5.41) is 16.0. The molecule has 0 bridgehead atoms. The van der Waals surface area contributed by atoms with Crippen LogP contribution < -0.4 is 0 Å². The van der Waals surface area contributed by atoms with Crippen LogP contribution in [0.5, 0.6) is 5.88 Å². The van der Waals surface area contributed by atoms with Gasteiger partial charge in [-0.1, -0.05) is 39.3 Å². The number of H-pyrrole nitrogens is 1. The van der Waals surface area contributed by atoms with Gasteiger partial charge in [-0.2, -0.15) is 0 Å². The summed E-state index contributed by atoms with van der Waals surface area (Å²) >= 11 is 3.52. The summed E-state index contributed by atoms with van der Waals surface area (Å²) in [6.07, 6.45) is 2.52. The lowest BCUT2D eigenvalue weighted by Crippen LogP contribution is -2.23. The van der Waals surface area contributed by atoms with Crippen LogP contribution in [0.25, 0.3) is 10.9 Å². The monoisotopic (exact) mass is 452 g/mol. The summed E-state index contributed by atoms with van der Waals surface area (Å²) in [6, 6.07) is 13.7. The Labute approximate surface area is 177 Å². The average molecular weight is 453 g/mol. The molecule has 1 aromatic heterocycles. The minimum absolute atomic E-state index is 0.0782. The first kappa shape index (κ1) is 18.4. The second-order valence-electron chi connectivity index (χ2n) is 7.34. The van der Waals surface area contributed by atoms with E-state index >= 15 is 0 Å². The molecule has 5 rings (SSSR count). The summed E-state index contributed by atoms with van der Waals surface area (Å²) in [6.45, 7) is 3.67. The molecule has 0 radical (unpaired) electrons. The minimum atomic E-state index is 0.0782. The van der Waals surface area contributed by atoms with Crippen LogP contribution in [0.3, 0.4) is 0 Å². The van der Waals surface area contributed by atoms with Gasteiger partial charge in [0.05, 0.1) is 11.3 Å². The SMILES string of the molecule is Oc1[nH]c2ccc(Br)cc2c1C1=Nc2ccccc2/C1=N\OCCN1CCCC1. The summed E-state index contributed by atoms with van der Waals surface area (Å²) in [5.74, 6) is 0.0782. The molecule has 148 valence electrons. The Balaban J connectivity index is 1.50. The molecule has 2 aromatic carbocycles. The highest BCUT2D eigenvalue weighted by molar-refractivity contribution is 9.10. The van der Waals surface area contributed by atoms with Crippen LogP contribution in [-0.4, -0.2) is 52.7 Å². The summed E-state index contributed by atoms with van der Waals surface area (Å²) in [5.41, 5.74) is 4.49. The number of rotatable bonds is 5. The maximum absolute atomic E-state index is 10.6. The highest BCUT2D eigenvalue weighted by Gasteiger charge is 2.29. The van der Waals surface area contributed by atoms with Crippen LogP contribution in [0, 0.1) is 0 Å². The van der Waals surface area contributed by atoms with Crippen molar-refractivity contribution < 1.29 is 9.94 Å². The quantitative estimate of drug-likeness (QED) is 0.439. The number of aromatic amines is 1. The fourth-order valence-corrected chi connectivity index (χ4v) is 4.38. The molecule has 0 aliphatic carbocycles. The number of nitrogens with one attached hydrogen (secondary N) is 1. The van der Waals surface area contributed by atoms with Gasteiger partial charge in [-0.25, -0.2) is 4.99 Å². The van der Waals surface area contributed by atoms with E-state index in [0.29, 0.717) is 23.6 Å². The van der Waals surface area contributed by atoms with E-state index < -0.39 is 0 Å². The highest BCUT2D eigenvalue weighted by atomic mass is 79.9. The van der Waals surface area contributed by atoms with Gasteiger partial charge in [-0.05, 0) is 50.2 Å². The molecule has 6 nitrogen and oxygen atoms in total. The Hall–Kier alpha value is -2.64. The van der Waals surface area contributed by atoms with E-state index in [-0.39, 0.29) is 5.88 Å². The number of likely N-dealkylation sites (tertiary alicyclic amines) is 1. The lowest BCUT2D eigenvalue weighted by Gasteiger charge is -2.13. The van der Waals surface area contributed by atoms with E-state index in [1.165, 1.54) is 12.8 Å². The molecule has 2 aliphatic heterocycles. The van der Waals surface area contributed by atoms with E-state index in [1.54, 1.807) is 0 Å². The number of halogens is 1. The zero-order chi connectivity index (χ0) is 19.8. The molecule has 0 atom stereocenters. The van der Waals surface area contributed by atoms with Gasteiger partial charge in [-0.3, -0.25) is 4.90 Å². The number of hydrogen-bond acceptors (Lipinski definition) is 5. The Bertz CT molecular complexity index is 1130. The first-order chi connectivity index (χ1) is 14.2. The molecule has 3 heterocycles. The molecule has 29 heavy (non-hydrogen) atoms. The van der Waals surface area contributed by atoms with Crippen LogP contribution >= 0.6 is 15.9 Å². The average Bonchev–Trinajstić information content (AvgIpc) is 3.42. The molecular formula is C22H21BrN4O2. The number of aromatic nitrogens is 1. The second kappa shape index (κ2) is 7.65. The number of aliphatic imine (C=N–C) groups is 1. The third-order valence-corrected chi connectivity index (χ3v) is 5.94. The van der Waals surface area contributed by atoms with Gasteiger partial charge in [0.2, 0.25) is 0 Å². The van der Waals surface area contributed by atoms with Crippen molar-refractivity contribution >= 4 is 43.9 Å². The summed E-state index contributed by atoms with van der Waals surface area (Å²) in [7, 11) is 0. The maximum Gasteiger partial charge on any atom is 0.199 e. The number of hydrogen-bond donors (Lipinski definition) is 2. The molecule has 0 unspecified atom stereocenters. The summed E-state index contributed by atoms with van der Waals surface area (Å²) < 4.78 is 0.932. The lowest BCUT2D eigenvalue weighted by molar-refractivity contribution is 0.119. The van der Waals surface area contributed by atoms with Crippen molar-refractivity contribution in [2.75, 3.05) is 26.2 Å². The van der Waals surface area contributed by atoms with Gasteiger partial charge in [0, 0.05) is 27.5 Å². The minimum Gasteiger partial charge on any atom is -0.494 e. The number of oxime groups is 1. The van der Waals surface area contributed by atoms with E-state index in [4.69, 9.17) is 9.83 Å². The van der Waals surface area contributed by atoms with Gasteiger partial charge >= 0.3 is 0 Å². The van der Waals surface area contributed by atoms with Crippen molar-refractivity contribution in [1.82, 2.24) is 9.88 Å². The maximum atomic E-state index is 10.6.